The zero-order chi connectivity index (χ0) is 13.8. The number of hydrogen-bond acceptors (Lipinski definition) is 3. The second kappa shape index (κ2) is 5.71. The number of halogens is 1. The number of hydrogen-bond donors (Lipinski definition) is 1. The van der Waals surface area contributed by atoms with E-state index >= 15 is 0 Å². The fourth-order valence-corrected chi connectivity index (χ4v) is 1.33. The van der Waals surface area contributed by atoms with Gasteiger partial charge in [-0.3, -0.25) is 0 Å². The van der Waals surface area contributed by atoms with Crippen LogP contribution in [0.15, 0.2) is 18.2 Å². The Morgan fingerprint density at radius 3 is 2.56 bits per heavy atom. The van der Waals surface area contributed by atoms with Crippen molar-refractivity contribution < 1.29 is 18.7 Å². The Morgan fingerprint density at radius 1 is 1.33 bits per heavy atom. The van der Waals surface area contributed by atoms with Crippen LogP contribution < -0.4 is 10.1 Å². The fourth-order valence-electron chi connectivity index (χ4n) is 1.33. The summed E-state index contributed by atoms with van der Waals surface area (Å²) in [5.41, 5.74) is 0.0571. The van der Waals surface area contributed by atoms with Gasteiger partial charge in [0.15, 0.2) is 0 Å². The lowest BCUT2D eigenvalue weighted by molar-refractivity contribution is 0.0523. The Hall–Kier alpha value is -1.78. The molecule has 0 aliphatic rings. The number of alkyl carbamates (subject to hydrolysis) is 1. The van der Waals surface area contributed by atoms with Crippen LogP contribution in [0.1, 0.15) is 26.3 Å². The van der Waals surface area contributed by atoms with Crippen LogP contribution in [-0.4, -0.2) is 18.8 Å². The summed E-state index contributed by atoms with van der Waals surface area (Å²) in [6.45, 7) is 5.51. The molecule has 1 aromatic rings. The molecule has 0 fully saturated rings. The SMILES string of the molecule is COc1cc(F)cc(CNC(=O)OC(C)(C)C)c1. The van der Waals surface area contributed by atoms with Gasteiger partial charge in [-0.05, 0) is 38.5 Å². The van der Waals surface area contributed by atoms with Gasteiger partial charge >= 0.3 is 6.09 Å². The third-order valence-electron chi connectivity index (χ3n) is 2.00. The lowest BCUT2D eigenvalue weighted by Gasteiger charge is -2.19. The van der Waals surface area contributed by atoms with E-state index in [2.05, 4.69) is 5.32 Å². The first-order valence-corrected chi connectivity index (χ1v) is 5.60. The zero-order valence-corrected chi connectivity index (χ0v) is 11.0. The molecular weight excluding hydrogens is 237 g/mol. The summed E-state index contributed by atoms with van der Waals surface area (Å²) in [4.78, 5) is 11.4. The van der Waals surface area contributed by atoms with Gasteiger partial charge in [0.2, 0.25) is 0 Å². The van der Waals surface area contributed by atoms with Crippen LogP contribution in [0, 0.1) is 5.82 Å². The molecule has 0 aliphatic heterocycles. The number of amides is 1. The highest BCUT2D eigenvalue weighted by atomic mass is 19.1. The molecule has 1 rings (SSSR count). The van der Waals surface area contributed by atoms with Crippen molar-refractivity contribution >= 4 is 6.09 Å². The molecule has 1 aromatic carbocycles. The molecule has 0 heterocycles. The van der Waals surface area contributed by atoms with Gasteiger partial charge in [0.05, 0.1) is 7.11 Å². The van der Waals surface area contributed by atoms with E-state index in [0.29, 0.717) is 11.3 Å². The highest BCUT2D eigenvalue weighted by Crippen LogP contribution is 2.16. The first-order valence-electron chi connectivity index (χ1n) is 5.60. The molecule has 0 atom stereocenters. The van der Waals surface area contributed by atoms with Crippen molar-refractivity contribution in [3.8, 4) is 5.75 Å². The lowest BCUT2D eigenvalue weighted by Crippen LogP contribution is -2.32. The first-order chi connectivity index (χ1) is 8.30. The quantitative estimate of drug-likeness (QED) is 0.903. The van der Waals surface area contributed by atoms with Crippen LogP contribution in [0.5, 0.6) is 5.75 Å². The Balaban J connectivity index is 2.58. The molecule has 0 saturated carbocycles. The Kier molecular flexibility index (Phi) is 4.53. The first kappa shape index (κ1) is 14.3. The molecule has 0 aromatic heterocycles. The maximum Gasteiger partial charge on any atom is 0.407 e. The Morgan fingerprint density at radius 2 is 2.00 bits per heavy atom. The van der Waals surface area contributed by atoms with E-state index in [0.717, 1.165) is 0 Å². The van der Waals surface area contributed by atoms with E-state index in [1.165, 1.54) is 19.2 Å². The van der Waals surface area contributed by atoms with Crippen LogP contribution in [0.3, 0.4) is 0 Å². The third kappa shape index (κ3) is 5.03. The van der Waals surface area contributed by atoms with Crippen molar-refractivity contribution in [3.63, 3.8) is 0 Å². The number of methoxy groups -OCH3 is 1. The largest absolute Gasteiger partial charge is 0.497 e. The van der Waals surface area contributed by atoms with Gasteiger partial charge in [-0.15, -0.1) is 0 Å². The molecule has 100 valence electrons. The van der Waals surface area contributed by atoms with Crippen molar-refractivity contribution in [3.05, 3.63) is 29.6 Å². The predicted octanol–water partition coefficient (Wildman–Crippen LogP) is 2.86. The lowest BCUT2D eigenvalue weighted by atomic mass is 10.2. The Bertz CT molecular complexity index is 427. The molecule has 18 heavy (non-hydrogen) atoms. The van der Waals surface area contributed by atoms with Gasteiger partial charge in [0.25, 0.3) is 0 Å². The molecule has 1 amide bonds. The maximum atomic E-state index is 13.2. The van der Waals surface area contributed by atoms with Crippen LogP contribution >= 0.6 is 0 Å². The summed E-state index contributed by atoms with van der Waals surface area (Å²) in [5, 5.41) is 2.55. The van der Waals surface area contributed by atoms with E-state index < -0.39 is 17.5 Å². The number of carbonyl (C=O) groups is 1. The molecule has 0 radical (unpaired) electrons. The maximum absolute atomic E-state index is 13.2. The summed E-state index contributed by atoms with van der Waals surface area (Å²) in [7, 11) is 1.46. The predicted molar refractivity (Wildman–Crippen MR) is 66.0 cm³/mol. The van der Waals surface area contributed by atoms with Gasteiger partial charge in [-0.1, -0.05) is 0 Å². The molecule has 1 N–H and O–H groups in total. The van der Waals surface area contributed by atoms with Crippen molar-refractivity contribution in [2.75, 3.05) is 7.11 Å². The minimum atomic E-state index is -0.552. The number of nitrogens with one attached hydrogen (secondary N) is 1. The molecule has 0 saturated heterocycles. The smallest absolute Gasteiger partial charge is 0.407 e. The summed E-state index contributed by atoms with van der Waals surface area (Å²) in [5.74, 6) is 0.00586. The molecule has 4 nitrogen and oxygen atoms in total. The van der Waals surface area contributed by atoms with E-state index in [9.17, 15) is 9.18 Å². The highest BCUT2D eigenvalue weighted by Gasteiger charge is 2.15. The van der Waals surface area contributed by atoms with Gasteiger partial charge in [0, 0.05) is 12.6 Å². The molecule has 0 aliphatic carbocycles. The summed E-state index contributed by atoms with van der Waals surface area (Å²) < 4.78 is 23.2. The van der Waals surface area contributed by atoms with E-state index in [1.54, 1.807) is 26.8 Å². The van der Waals surface area contributed by atoms with Gasteiger partial charge < -0.3 is 14.8 Å². The monoisotopic (exact) mass is 255 g/mol. The van der Waals surface area contributed by atoms with Crippen LogP contribution in [0.2, 0.25) is 0 Å². The van der Waals surface area contributed by atoms with Crippen molar-refractivity contribution in [2.24, 2.45) is 0 Å². The van der Waals surface area contributed by atoms with Gasteiger partial charge in [0.1, 0.15) is 17.2 Å². The number of rotatable bonds is 3. The topological polar surface area (TPSA) is 47.6 Å². The second-order valence-electron chi connectivity index (χ2n) is 4.85. The van der Waals surface area contributed by atoms with E-state index in [4.69, 9.17) is 9.47 Å². The zero-order valence-electron chi connectivity index (χ0n) is 11.0. The normalized spacial score (nSPS) is 10.9. The molecule has 5 heteroatoms. The highest BCUT2D eigenvalue weighted by molar-refractivity contribution is 5.67. The van der Waals surface area contributed by atoms with Gasteiger partial charge in [-0.25, -0.2) is 9.18 Å². The van der Waals surface area contributed by atoms with Crippen molar-refractivity contribution in [1.82, 2.24) is 5.32 Å². The minimum absolute atomic E-state index is 0.184. The standard InChI is InChI=1S/C13H18FNO3/c1-13(2,3)18-12(16)15-8-9-5-10(14)7-11(6-9)17-4/h5-7H,8H2,1-4H3,(H,15,16). The molecule has 0 bridgehead atoms. The van der Waals surface area contributed by atoms with E-state index in [-0.39, 0.29) is 6.54 Å². The van der Waals surface area contributed by atoms with Crippen LogP contribution in [-0.2, 0) is 11.3 Å². The van der Waals surface area contributed by atoms with Crippen LogP contribution in [0.25, 0.3) is 0 Å². The summed E-state index contributed by atoms with van der Waals surface area (Å²) >= 11 is 0. The fraction of sp³-hybridized carbons (Fsp3) is 0.462. The minimum Gasteiger partial charge on any atom is -0.497 e. The molecular formula is C13H18FNO3. The van der Waals surface area contributed by atoms with E-state index in [1.807, 2.05) is 0 Å². The molecule has 0 spiro atoms. The van der Waals surface area contributed by atoms with Crippen molar-refractivity contribution in [1.29, 1.82) is 0 Å². The summed E-state index contributed by atoms with van der Waals surface area (Å²) in [6.07, 6.45) is -0.536. The number of benzene rings is 1. The second-order valence-corrected chi connectivity index (χ2v) is 4.85. The molecule has 0 unspecified atom stereocenters. The summed E-state index contributed by atoms with van der Waals surface area (Å²) in [6, 6.07) is 4.26. The number of ether oxygens (including phenoxy) is 2. The average molecular weight is 255 g/mol. The van der Waals surface area contributed by atoms with Crippen LogP contribution in [0.4, 0.5) is 9.18 Å². The Labute approximate surface area is 106 Å². The number of carbonyl (C=O) groups excluding carboxylic acids is 1. The van der Waals surface area contributed by atoms with Crippen molar-refractivity contribution in [2.45, 2.75) is 32.9 Å². The van der Waals surface area contributed by atoms with Gasteiger partial charge in [-0.2, -0.15) is 0 Å². The third-order valence-corrected chi connectivity index (χ3v) is 2.00. The average Bonchev–Trinajstić information content (AvgIpc) is 2.23.